The van der Waals surface area contributed by atoms with Crippen LogP contribution < -0.4 is 5.73 Å². The molecule has 0 bridgehead atoms. The predicted octanol–water partition coefficient (Wildman–Crippen LogP) is 3.02. The minimum Gasteiger partial charge on any atom is -0.398 e. The molecule has 16 heavy (non-hydrogen) atoms. The summed E-state index contributed by atoms with van der Waals surface area (Å²) in [5.41, 5.74) is 9.73. The van der Waals surface area contributed by atoms with Crippen molar-refractivity contribution >= 4 is 5.69 Å². The number of nitrogens with zero attached hydrogens (tertiary/aromatic N) is 1. The van der Waals surface area contributed by atoms with Crippen LogP contribution in [0.2, 0.25) is 0 Å². The van der Waals surface area contributed by atoms with Crippen molar-refractivity contribution in [2.45, 2.75) is 46.3 Å². The Morgan fingerprint density at radius 2 is 2.06 bits per heavy atom. The van der Waals surface area contributed by atoms with Gasteiger partial charge in [0.25, 0.3) is 0 Å². The van der Waals surface area contributed by atoms with E-state index in [-0.39, 0.29) is 0 Å². The van der Waals surface area contributed by atoms with Gasteiger partial charge in [0.05, 0.1) is 0 Å². The lowest BCUT2D eigenvalue weighted by Gasteiger charge is -2.28. The summed E-state index contributed by atoms with van der Waals surface area (Å²) in [6, 6.07) is 6.91. The quantitative estimate of drug-likeness (QED) is 0.790. The van der Waals surface area contributed by atoms with E-state index in [1.165, 1.54) is 17.5 Å². The van der Waals surface area contributed by atoms with Crippen LogP contribution in [0.25, 0.3) is 0 Å². The van der Waals surface area contributed by atoms with E-state index < -0.39 is 0 Å². The lowest BCUT2D eigenvalue weighted by Crippen LogP contribution is -2.33. The Balaban J connectivity index is 2.14. The number of nitrogens with two attached hydrogens (primary N) is 1. The zero-order chi connectivity index (χ0) is 11.7. The van der Waals surface area contributed by atoms with Crippen molar-refractivity contribution in [1.82, 2.24) is 4.90 Å². The molecular weight excluding hydrogens is 196 g/mol. The third-order valence-corrected chi connectivity index (χ3v) is 4.09. The zero-order valence-electron chi connectivity index (χ0n) is 10.5. The maximum atomic E-state index is 6.02. The van der Waals surface area contributed by atoms with Crippen LogP contribution in [0.4, 0.5) is 5.69 Å². The van der Waals surface area contributed by atoms with Crippen molar-refractivity contribution in [1.29, 1.82) is 0 Å². The van der Waals surface area contributed by atoms with Gasteiger partial charge in [0.1, 0.15) is 0 Å². The second kappa shape index (κ2) is 4.46. The molecule has 1 aliphatic heterocycles. The lowest BCUT2D eigenvalue weighted by atomic mass is 10.00. The summed E-state index contributed by atoms with van der Waals surface area (Å²) in [6.45, 7) is 9.01. The highest BCUT2D eigenvalue weighted by Gasteiger charge is 2.26. The number of rotatable bonds is 3. The fourth-order valence-electron chi connectivity index (χ4n) is 2.46. The highest BCUT2D eigenvalue weighted by Crippen LogP contribution is 2.30. The average Bonchev–Trinajstić information content (AvgIpc) is 2.72. The molecule has 0 spiro atoms. The molecule has 0 aromatic heterocycles. The monoisotopic (exact) mass is 218 g/mol. The van der Waals surface area contributed by atoms with Crippen molar-refractivity contribution < 1.29 is 0 Å². The molecule has 1 heterocycles. The summed E-state index contributed by atoms with van der Waals surface area (Å²) in [4.78, 5) is 2.54. The Kier molecular flexibility index (Phi) is 3.20. The van der Waals surface area contributed by atoms with E-state index in [2.05, 4.69) is 37.8 Å². The van der Waals surface area contributed by atoms with Gasteiger partial charge in [0.15, 0.2) is 0 Å². The van der Waals surface area contributed by atoms with Crippen molar-refractivity contribution in [2.24, 2.45) is 5.92 Å². The van der Waals surface area contributed by atoms with E-state index >= 15 is 0 Å². The van der Waals surface area contributed by atoms with Crippen molar-refractivity contribution in [2.75, 3.05) is 5.73 Å². The molecule has 2 unspecified atom stereocenters. The summed E-state index contributed by atoms with van der Waals surface area (Å²) in [7, 11) is 0. The molecule has 0 saturated heterocycles. The van der Waals surface area contributed by atoms with Crippen LogP contribution in [0.5, 0.6) is 0 Å². The van der Waals surface area contributed by atoms with Gasteiger partial charge in [-0.15, -0.1) is 0 Å². The summed E-state index contributed by atoms with van der Waals surface area (Å²) in [5, 5.41) is 0. The Labute approximate surface area is 98.4 Å². The number of nitrogen functional groups attached to an aromatic ring is 1. The van der Waals surface area contributed by atoms with Gasteiger partial charge in [0.2, 0.25) is 0 Å². The van der Waals surface area contributed by atoms with Gasteiger partial charge in [0, 0.05) is 24.8 Å². The fourth-order valence-corrected chi connectivity index (χ4v) is 2.46. The molecule has 1 aromatic rings. The maximum absolute atomic E-state index is 6.02. The molecule has 1 aliphatic rings. The van der Waals surface area contributed by atoms with Gasteiger partial charge in [-0.3, -0.25) is 4.90 Å². The first-order chi connectivity index (χ1) is 7.63. The molecule has 0 aliphatic carbocycles. The predicted molar refractivity (Wildman–Crippen MR) is 69.0 cm³/mol. The van der Waals surface area contributed by atoms with Gasteiger partial charge in [-0.05, 0) is 30.0 Å². The molecule has 2 atom stereocenters. The summed E-state index contributed by atoms with van der Waals surface area (Å²) in [5.74, 6) is 0.746. The standard InChI is InChI=1S/C14H22N2/c1-4-10(2)11(3)16-8-12-6-5-7-14(15)13(12)9-16/h5-7,10-11H,4,8-9,15H2,1-3H3. The third kappa shape index (κ3) is 1.94. The van der Waals surface area contributed by atoms with E-state index in [1.807, 2.05) is 6.07 Å². The van der Waals surface area contributed by atoms with Crippen LogP contribution in [0.1, 0.15) is 38.3 Å². The first kappa shape index (κ1) is 11.5. The maximum Gasteiger partial charge on any atom is 0.0363 e. The minimum atomic E-state index is 0.636. The number of anilines is 1. The number of hydrogen-bond donors (Lipinski definition) is 1. The van der Waals surface area contributed by atoms with Crippen LogP contribution in [0, 0.1) is 5.92 Å². The molecule has 0 radical (unpaired) electrons. The highest BCUT2D eigenvalue weighted by atomic mass is 15.2. The minimum absolute atomic E-state index is 0.636. The normalized spacial score (nSPS) is 19.4. The van der Waals surface area contributed by atoms with E-state index in [0.717, 1.165) is 24.7 Å². The van der Waals surface area contributed by atoms with Crippen molar-refractivity contribution in [3.05, 3.63) is 29.3 Å². The van der Waals surface area contributed by atoms with Crippen LogP contribution in [-0.2, 0) is 13.1 Å². The molecular formula is C14H22N2. The second-order valence-corrected chi connectivity index (χ2v) is 5.02. The van der Waals surface area contributed by atoms with E-state index in [0.29, 0.717) is 6.04 Å². The molecule has 88 valence electrons. The molecule has 1 aromatic carbocycles. The SMILES string of the molecule is CCC(C)C(C)N1Cc2cccc(N)c2C1. The van der Waals surface area contributed by atoms with Gasteiger partial charge in [-0.25, -0.2) is 0 Å². The van der Waals surface area contributed by atoms with Crippen molar-refractivity contribution in [3.63, 3.8) is 0 Å². The summed E-state index contributed by atoms with van der Waals surface area (Å²) < 4.78 is 0. The first-order valence-corrected chi connectivity index (χ1v) is 6.23. The molecule has 2 rings (SSSR count). The van der Waals surface area contributed by atoms with Crippen molar-refractivity contribution in [3.8, 4) is 0 Å². The topological polar surface area (TPSA) is 29.3 Å². The van der Waals surface area contributed by atoms with Crippen LogP contribution in [0.15, 0.2) is 18.2 Å². The number of hydrogen-bond acceptors (Lipinski definition) is 2. The Morgan fingerprint density at radius 1 is 1.31 bits per heavy atom. The summed E-state index contributed by atoms with van der Waals surface area (Å²) in [6.07, 6.45) is 1.24. The van der Waals surface area contributed by atoms with Gasteiger partial charge < -0.3 is 5.73 Å². The van der Waals surface area contributed by atoms with E-state index in [1.54, 1.807) is 0 Å². The summed E-state index contributed by atoms with van der Waals surface area (Å²) >= 11 is 0. The average molecular weight is 218 g/mol. The van der Waals surface area contributed by atoms with Gasteiger partial charge in [-0.2, -0.15) is 0 Å². The molecule has 2 heteroatoms. The molecule has 2 nitrogen and oxygen atoms in total. The first-order valence-electron chi connectivity index (χ1n) is 6.23. The van der Waals surface area contributed by atoms with Gasteiger partial charge >= 0.3 is 0 Å². The molecule has 0 saturated carbocycles. The Morgan fingerprint density at radius 3 is 2.69 bits per heavy atom. The number of benzene rings is 1. The smallest absolute Gasteiger partial charge is 0.0363 e. The fraction of sp³-hybridized carbons (Fsp3) is 0.571. The molecule has 2 N–H and O–H groups in total. The molecule has 0 fully saturated rings. The highest BCUT2D eigenvalue weighted by molar-refractivity contribution is 5.52. The zero-order valence-corrected chi connectivity index (χ0v) is 10.5. The third-order valence-electron chi connectivity index (χ3n) is 4.09. The largest absolute Gasteiger partial charge is 0.398 e. The Hall–Kier alpha value is -1.02. The Bertz CT molecular complexity index is 373. The second-order valence-electron chi connectivity index (χ2n) is 5.02. The van der Waals surface area contributed by atoms with Gasteiger partial charge in [-0.1, -0.05) is 32.4 Å². The van der Waals surface area contributed by atoms with E-state index in [9.17, 15) is 0 Å². The van der Waals surface area contributed by atoms with Crippen LogP contribution >= 0.6 is 0 Å². The van der Waals surface area contributed by atoms with Crippen LogP contribution in [-0.4, -0.2) is 10.9 Å². The molecule has 0 amide bonds. The van der Waals surface area contributed by atoms with Crippen LogP contribution in [0.3, 0.4) is 0 Å². The lowest BCUT2D eigenvalue weighted by molar-refractivity contribution is 0.159. The number of fused-ring (bicyclic) bond motifs is 1. The van der Waals surface area contributed by atoms with E-state index in [4.69, 9.17) is 5.73 Å².